The second kappa shape index (κ2) is 10.5. The number of nitrogens with zero attached hydrogens (tertiary/aromatic N) is 1. The van der Waals surface area contributed by atoms with E-state index in [4.69, 9.17) is 25.8 Å². The van der Waals surface area contributed by atoms with Crippen LogP contribution in [0.1, 0.15) is 22.8 Å². The van der Waals surface area contributed by atoms with Gasteiger partial charge in [0.1, 0.15) is 28.0 Å². The van der Waals surface area contributed by atoms with Crippen molar-refractivity contribution in [2.45, 2.75) is 13.3 Å². The smallest absolute Gasteiger partial charge is 0.343 e. The molecule has 0 atom stereocenters. The van der Waals surface area contributed by atoms with Crippen LogP contribution in [0.3, 0.4) is 0 Å². The largest absolute Gasteiger partial charge is 0.497 e. The van der Waals surface area contributed by atoms with E-state index in [1.165, 1.54) is 20.3 Å². The lowest BCUT2D eigenvalue weighted by Crippen LogP contribution is -2.32. The highest BCUT2D eigenvalue weighted by molar-refractivity contribution is 6.53. The molecule has 0 bridgehead atoms. The number of halogens is 1. The first-order chi connectivity index (χ1) is 17.4. The summed E-state index contributed by atoms with van der Waals surface area (Å²) in [5.41, 5.74) is 1.84. The maximum Gasteiger partial charge on any atom is 0.343 e. The highest BCUT2D eigenvalue weighted by Crippen LogP contribution is 2.37. The number of carbonyl (C=O) groups excluding carboxylic acids is 3. The summed E-state index contributed by atoms with van der Waals surface area (Å²) in [5.74, 6) is -0.563. The fourth-order valence-electron chi connectivity index (χ4n) is 3.69. The van der Waals surface area contributed by atoms with Gasteiger partial charge in [0.05, 0.1) is 25.5 Å². The van der Waals surface area contributed by atoms with Crippen molar-refractivity contribution in [3.8, 4) is 17.2 Å². The molecule has 2 amide bonds. The van der Waals surface area contributed by atoms with Crippen LogP contribution in [0.2, 0.25) is 0 Å². The highest BCUT2D eigenvalue weighted by atomic mass is 35.5. The van der Waals surface area contributed by atoms with E-state index < -0.39 is 17.8 Å². The lowest BCUT2D eigenvalue weighted by molar-refractivity contribution is -0.120. The predicted octanol–water partition coefficient (Wildman–Crippen LogP) is 4.92. The van der Waals surface area contributed by atoms with E-state index in [2.05, 4.69) is 5.32 Å². The summed E-state index contributed by atoms with van der Waals surface area (Å²) in [4.78, 5) is 39.5. The number of nitrogens with one attached hydrogen (secondary N) is 1. The molecule has 0 aliphatic carbocycles. The number of anilines is 2. The van der Waals surface area contributed by atoms with Crippen LogP contribution in [0.5, 0.6) is 17.2 Å². The third kappa shape index (κ3) is 4.76. The number of aryl methyl sites for hydroxylation is 1. The number of benzene rings is 3. The zero-order valence-electron chi connectivity index (χ0n) is 19.8. The van der Waals surface area contributed by atoms with E-state index in [0.29, 0.717) is 22.7 Å². The average Bonchev–Trinajstić information content (AvgIpc) is 3.11. The van der Waals surface area contributed by atoms with Gasteiger partial charge >= 0.3 is 5.97 Å². The Hall–Kier alpha value is -4.30. The highest BCUT2D eigenvalue weighted by Gasteiger charge is 2.40. The van der Waals surface area contributed by atoms with Crippen LogP contribution in [-0.4, -0.2) is 32.0 Å². The molecular formula is C27H23ClN2O6. The third-order valence-electron chi connectivity index (χ3n) is 5.60. The van der Waals surface area contributed by atoms with Gasteiger partial charge in [-0.3, -0.25) is 9.59 Å². The van der Waals surface area contributed by atoms with Gasteiger partial charge in [-0.1, -0.05) is 36.7 Å². The van der Waals surface area contributed by atoms with Crippen molar-refractivity contribution in [2.75, 3.05) is 24.4 Å². The summed E-state index contributed by atoms with van der Waals surface area (Å²) in [6.45, 7) is 1.98. The lowest BCUT2D eigenvalue weighted by Gasteiger charge is -2.18. The SMILES string of the molecule is CCc1ccccc1OC(=O)c1ccc(NC2=C(Cl)C(=O)N(c3ccc(OC)cc3OC)C2=O)cc1. The Balaban J connectivity index is 1.51. The Morgan fingerprint density at radius 3 is 2.31 bits per heavy atom. The summed E-state index contributed by atoms with van der Waals surface area (Å²) >= 11 is 6.24. The summed E-state index contributed by atoms with van der Waals surface area (Å²) in [7, 11) is 2.92. The lowest BCUT2D eigenvalue weighted by atomic mass is 10.1. The molecule has 1 aliphatic heterocycles. The Kier molecular flexibility index (Phi) is 7.26. The maximum absolute atomic E-state index is 13.1. The van der Waals surface area contributed by atoms with Crippen molar-refractivity contribution >= 4 is 40.8 Å². The topological polar surface area (TPSA) is 94.2 Å². The molecule has 0 spiro atoms. The number of methoxy groups -OCH3 is 2. The van der Waals surface area contributed by atoms with Gasteiger partial charge in [-0.15, -0.1) is 0 Å². The quantitative estimate of drug-likeness (QED) is 0.263. The molecule has 3 aromatic carbocycles. The Morgan fingerprint density at radius 1 is 0.917 bits per heavy atom. The van der Waals surface area contributed by atoms with Crippen LogP contribution in [0.15, 0.2) is 77.5 Å². The summed E-state index contributed by atoms with van der Waals surface area (Å²) < 4.78 is 16.0. The monoisotopic (exact) mass is 506 g/mol. The van der Waals surface area contributed by atoms with Gasteiger partial charge in [-0.2, -0.15) is 0 Å². The molecule has 36 heavy (non-hydrogen) atoms. The predicted molar refractivity (Wildman–Crippen MR) is 136 cm³/mol. The number of esters is 1. The third-order valence-corrected chi connectivity index (χ3v) is 5.95. The molecule has 1 aliphatic rings. The first kappa shape index (κ1) is 24.8. The molecule has 0 saturated carbocycles. The van der Waals surface area contributed by atoms with Crippen LogP contribution < -0.4 is 24.4 Å². The molecule has 1 heterocycles. The molecule has 9 heteroatoms. The van der Waals surface area contributed by atoms with Crippen molar-refractivity contribution in [1.82, 2.24) is 0 Å². The molecule has 0 saturated heterocycles. The maximum atomic E-state index is 13.1. The summed E-state index contributed by atoms with van der Waals surface area (Å²) in [6.07, 6.45) is 0.731. The van der Waals surface area contributed by atoms with Gasteiger partial charge < -0.3 is 19.5 Å². The van der Waals surface area contributed by atoms with Gasteiger partial charge in [0.25, 0.3) is 11.8 Å². The fraction of sp³-hybridized carbons (Fsp3) is 0.148. The number of imide groups is 1. The first-order valence-electron chi connectivity index (χ1n) is 11.1. The molecule has 0 radical (unpaired) electrons. The molecule has 184 valence electrons. The fourth-order valence-corrected chi connectivity index (χ4v) is 3.90. The van der Waals surface area contributed by atoms with Crippen molar-refractivity contribution in [3.63, 3.8) is 0 Å². The number of hydrogen-bond acceptors (Lipinski definition) is 7. The van der Waals surface area contributed by atoms with E-state index in [-0.39, 0.29) is 22.2 Å². The molecule has 4 rings (SSSR count). The van der Waals surface area contributed by atoms with Crippen molar-refractivity contribution < 1.29 is 28.6 Å². The molecule has 3 aromatic rings. The minimum atomic E-state index is -0.692. The molecule has 0 fully saturated rings. The average molecular weight is 507 g/mol. The van der Waals surface area contributed by atoms with Crippen LogP contribution in [0.4, 0.5) is 11.4 Å². The normalized spacial score (nSPS) is 13.2. The number of para-hydroxylation sites is 1. The Labute approximate surface area is 213 Å². The van der Waals surface area contributed by atoms with Crippen LogP contribution in [0.25, 0.3) is 0 Å². The van der Waals surface area contributed by atoms with Gasteiger partial charge in [-0.25, -0.2) is 9.69 Å². The number of ether oxygens (including phenoxy) is 3. The van der Waals surface area contributed by atoms with E-state index >= 15 is 0 Å². The van der Waals surface area contributed by atoms with Crippen LogP contribution in [-0.2, 0) is 16.0 Å². The van der Waals surface area contributed by atoms with Crippen molar-refractivity contribution in [1.29, 1.82) is 0 Å². The van der Waals surface area contributed by atoms with Crippen molar-refractivity contribution in [3.05, 3.63) is 88.6 Å². The van der Waals surface area contributed by atoms with Gasteiger partial charge in [0.15, 0.2) is 0 Å². The van der Waals surface area contributed by atoms with Gasteiger partial charge in [0.2, 0.25) is 0 Å². The molecule has 0 unspecified atom stereocenters. The number of carbonyl (C=O) groups is 3. The molecule has 8 nitrogen and oxygen atoms in total. The van der Waals surface area contributed by atoms with Gasteiger partial charge in [0, 0.05) is 11.8 Å². The molecular weight excluding hydrogens is 484 g/mol. The van der Waals surface area contributed by atoms with E-state index in [9.17, 15) is 14.4 Å². The second-order valence-electron chi connectivity index (χ2n) is 7.73. The van der Waals surface area contributed by atoms with Crippen molar-refractivity contribution in [2.24, 2.45) is 0 Å². The standard InChI is InChI=1S/C27H23ClN2O6/c1-4-16-7-5-6-8-21(16)36-27(33)17-9-11-18(12-10-17)29-24-23(28)25(31)30(26(24)32)20-14-13-19(34-2)15-22(20)35-3/h5-15,29H,4H2,1-3H3. The number of amides is 2. The zero-order chi connectivity index (χ0) is 25.8. The van der Waals surface area contributed by atoms with Crippen LogP contribution in [0, 0.1) is 0 Å². The number of hydrogen-bond donors (Lipinski definition) is 1. The summed E-state index contributed by atoms with van der Waals surface area (Å²) in [5, 5.41) is 2.62. The van der Waals surface area contributed by atoms with E-state index in [0.717, 1.165) is 16.9 Å². The Morgan fingerprint density at radius 2 is 1.64 bits per heavy atom. The van der Waals surface area contributed by atoms with E-state index in [1.54, 1.807) is 48.5 Å². The van der Waals surface area contributed by atoms with E-state index in [1.807, 2.05) is 19.1 Å². The minimum absolute atomic E-state index is 0.0910. The minimum Gasteiger partial charge on any atom is -0.497 e. The van der Waals surface area contributed by atoms with Gasteiger partial charge in [-0.05, 0) is 54.4 Å². The molecule has 1 N–H and O–H groups in total. The Bertz CT molecular complexity index is 1370. The summed E-state index contributed by atoms with van der Waals surface area (Å²) in [6, 6.07) is 18.3. The molecule has 0 aromatic heterocycles. The zero-order valence-corrected chi connectivity index (χ0v) is 20.6. The van der Waals surface area contributed by atoms with Crippen LogP contribution >= 0.6 is 11.6 Å². The second-order valence-corrected chi connectivity index (χ2v) is 8.10. The number of rotatable bonds is 8. The first-order valence-corrected chi connectivity index (χ1v) is 11.4.